The van der Waals surface area contributed by atoms with Crippen LogP contribution in [-0.2, 0) is 0 Å². The van der Waals surface area contributed by atoms with Crippen LogP contribution >= 0.6 is 11.6 Å². The zero-order chi connectivity index (χ0) is 13.8. The summed E-state index contributed by atoms with van der Waals surface area (Å²) in [6.45, 7) is 6.98. The summed E-state index contributed by atoms with van der Waals surface area (Å²) in [7, 11) is 0. The molecule has 0 atom stereocenters. The van der Waals surface area contributed by atoms with E-state index in [2.05, 4.69) is 22.2 Å². The first kappa shape index (κ1) is 13.8. The van der Waals surface area contributed by atoms with Gasteiger partial charge in [-0.1, -0.05) is 30.7 Å². The maximum absolute atomic E-state index is 6.05. The number of aryl methyl sites for hydroxylation is 1. The first-order valence-corrected chi connectivity index (χ1v) is 6.84. The maximum atomic E-state index is 6.05. The summed E-state index contributed by atoms with van der Waals surface area (Å²) in [5.74, 6) is 1.67. The van der Waals surface area contributed by atoms with E-state index < -0.39 is 0 Å². The minimum atomic E-state index is 0.719. The van der Waals surface area contributed by atoms with Crippen LogP contribution in [0.4, 0.5) is 5.82 Å². The summed E-state index contributed by atoms with van der Waals surface area (Å²) in [6, 6.07) is 7.75. The molecule has 19 heavy (non-hydrogen) atoms. The van der Waals surface area contributed by atoms with Crippen LogP contribution < -0.4 is 5.32 Å². The van der Waals surface area contributed by atoms with Crippen LogP contribution in [0.2, 0.25) is 5.02 Å². The normalized spacial score (nSPS) is 10.5. The second kappa shape index (κ2) is 6.02. The van der Waals surface area contributed by atoms with Gasteiger partial charge in [-0.25, -0.2) is 9.97 Å². The van der Waals surface area contributed by atoms with Gasteiger partial charge in [-0.05, 0) is 32.4 Å². The van der Waals surface area contributed by atoms with Crippen LogP contribution in [0.1, 0.15) is 24.7 Å². The van der Waals surface area contributed by atoms with Crippen LogP contribution in [0, 0.1) is 13.8 Å². The Morgan fingerprint density at radius 1 is 1.21 bits per heavy atom. The molecule has 0 radical (unpaired) electrons. The average molecular weight is 276 g/mol. The number of halogens is 1. The minimum Gasteiger partial charge on any atom is -0.370 e. The predicted octanol–water partition coefficient (Wildman–Crippen LogP) is 4.24. The van der Waals surface area contributed by atoms with E-state index in [1.165, 1.54) is 0 Å². The van der Waals surface area contributed by atoms with Crippen molar-refractivity contribution in [2.75, 3.05) is 11.9 Å². The van der Waals surface area contributed by atoms with Crippen molar-refractivity contribution in [2.24, 2.45) is 0 Å². The molecule has 1 heterocycles. The SMILES string of the molecule is CCCNc1nc(C)nc(-c2cccc(Cl)c2)c1C. The summed E-state index contributed by atoms with van der Waals surface area (Å²) < 4.78 is 0. The lowest BCUT2D eigenvalue weighted by Gasteiger charge is -2.12. The highest BCUT2D eigenvalue weighted by molar-refractivity contribution is 6.30. The predicted molar refractivity (Wildman–Crippen MR) is 80.7 cm³/mol. The molecule has 0 saturated carbocycles. The Kier molecular flexibility index (Phi) is 4.38. The summed E-state index contributed by atoms with van der Waals surface area (Å²) in [5.41, 5.74) is 3.02. The van der Waals surface area contributed by atoms with Gasteiger partial charge in [0.1, 0.15) is 11.6 Å². The van der Waals surface area contributed by atoms with Crippen LogP contribution in [0.3, 0.4) is 0 Å². The van der Waals surface area contributed by atoms with Gasteiger partial charge in [0.05, 0.1) is 5.69 Å². The van der Waals surface area contributed by atoms with Gasteiger partial charge in [0.25, 0.3) is 0 Å². The molecule has 100 valence electrons. The van der Waals surface area contributed by atoms with Crippen molar-refractivity contribution < 1.29 is 0 Å². The highest BCUT2D eigenvalue weighted by Crippen LogP contribution is 2.27. The van der Waals surface area contributed by atoms with Crippen LogP contribution in [0.5, 0.6) is 0 Å². The van der Waals surface area contributed by atoms with Gasteiger partial charge in [0, 0.05) is 22.7 Å². The smallest absolute Gasteiger partial charge is 0.133 e. The molecular formula is C15H18ClN3. The van der Waals surface area contributed by atoms with Gasteiger partial charge >= 0.3 is 0 Å². The van der Waals surface area contributed by atoms with E-state index in [1.807, 2.05) is 38.1 Å². The molecule has 0 saturated heterocycles. The van der Waals surface area contributed by atoms with E-state index in [4.69, 9.17) is 11.6 Å². The molecule has 0 spiro atoms. The monoisotopic (exact) mass is 275 g/mol. The summed E-state index contributed by atoms with van der Waals surface area (Å²) in [5, 5.41) is 4.06. The molecular weight excluding hydrogens is 258 g/mol. The summed E-state index contributed by atoms with van der Waals surface area (Å²) >= 11 is 6.05. The molecule has 0 aliphatic carbocycles. The quantitative estimate of drug-likeness (QED) is 0.907. The molecule has 0 aliphatic heterocycles. The van der Waals surface area contributed by atoms with Crippen molar-refractivity contribution in [2.45, 2.75) is 27.2 Å². The lowest BCUT2D eigenvalue weighted by molar-refractivity contribution is 0.948. The van der Waals surface area contributed by atoms with E-state index in [1.54, 1.807) is 0 Å². The summed E-state index contributed by atoms with van der Waals surface area (Å²) in [6.07, 6.45) is 1.06. The van der Waals surface area contributed by atoms with Crippen molar-refractivity contribution in [3.8, 4) is 11.3 Å². The topological polar surface area (TPSA) is 37.8 Å². The number of nitrogens with zero attached hydrogens (tertiary/aromatic N) is 2. The third kappa shape index (κ3) is 3.24. The van der Waals surface area contributed by atoms with E-state index in [0.29, 0.717) is 0 Å². The van der Waals surface area contributed by atoms with Gasteiger partial charge < -0.3 is 5.32 Å². The Balaban J connectivity index is 2.48. The average Bonchev–Trinajstić information content (AvgIpc) is 2.39. The number of nitrogens with one attached hydrogen (secondary N) is 1. The van der Waals surface area contributed by atoms with Gasteiger partial charge in [-0.2, -0.15) is 0 Å². The van der Waals surface area contributed by atoms with Crippen molar-refractivity contribution in [3.05, 3.63) is 40.7 Å². The molecule has 0 bridgehead atoms. The molecule has 1 aromatic heterocycles. The Morgan fingerprint density at radius 3 is 2.68 bits per heavy atom. The molecule has 2 aromatic rings. The fraction of sp³-hybridized carbons (Fsp3) is 0.333. The zero-order valence-electron chi connectivity index (χ0n) is 11.5. The van der Waals surface area contributed by atoms with Gasteiger partial charge in [0.2, 0.25) is 0 Å². The van der Waals surface area contributed by atoms with Crippen LogP contribution in [0.25, 0.3) is 11.3 Å². The molecule has 0 aliphatic rings. The third-order valence-corrected chi connectivity index (χ3v) is 3.13. The molecule has 1 aromatic carbocycles. The Bertz CT molecular complexity index is 582. The van der Waals surface area contributed by atoms with Gasteiger partial charge in [0.15, 0.2) is 0 Å². The number of hydrogen-bond donors (Lipinski definition) is 1. The van der Waals surface area contributed by atoms with E-state index >= 15 is 0 Å². The lowest BCUT2D eigenvalue weighted by atomic mass is 10.1. The number of aromatic nitrogens is 2. The molecule has 0 fully saturated rings. The van der Waals surface area contributed by atoms with Crippen molar-refractivity contribution in [1.82, 2.24) is 9.97 Å². The first-order chi connectivity index (χ1) is 9.11. The minimum absolute atomic E-state index is 0.719. The standard InChI is InChI=1S/C15H18ClN3/c1-4-8-17-15-10(2)14(18-11(3)19-15)12-6-5-7-13(16)9-12/h5-7,9H,4,8H2,1-3H3,(H,17,18,19). The van der Waals surface area contributed by atoms with Crippen LogP contribution in [0.15, 0.2) is 24.3 Å². The van der Waals surface area contributed by atoms with Gasteiger partial charge in [-0.3, -0.25) is 0 Å². The highest BCUT2D eigenvalue weighted by atomic mass is 35.5. The fourth-order valence-electron chi connectivity index (χ4n) is 1.96. The van der Waals surface area contributed by atoms with Crippen LogP contribution in [-0.4, -0.2) is 16.5 Å². The number of benzene rings is 1. The highest BCUT2D eigenvalue weighted by Gasteiger charge is 2.10. The number of hydrogen-bond acceptors (Lipinski definition) is 3. The van der Waals surface area contributed by atoms with Crippen molar-refractivity contribution in [1.29, 1.82) is 0 Å². The van der Waals surface area contributed by atoms with E-state index in [-0.39, 0.29) is 0 Å². The number of rotatable bonds is 4. The Labute approximate surface area is 119 Å². The van der Waals surface area contributed by atoms with Gasteiger partial charge in [-0.15, -0.1) is 0 Å². The Morgan fingerprint density at radius 2 is 2.00 bits per heavy atom. The second-order valence-electron chi connectivity index (χ2n) is 4.53. The zero-order valence-corrected chi connectivity index (χ0v) is 12.3. The molecule has 1 N–H and O–H groups in total. The lowest BCUT2D eigenvalue weighted by Crippen LogP contribution is -2.07. The molecule has 0 unspecified atom stereocenters. The van der Waals surface area contributed by atoms with Crippen molar-refractivity contribution in [3.63, 3.8) is 0 Å². The molecule has 2 rings (SSSR count). The van der Waals surface area contributed by atoms with E-state index in [9.17, 15) is 0 Å². The molecule has 0 amide bonds. The maximum Gasteiger partial charge on any atom is 0.133 e. The fourth-order valence-corrected chi connectivity index (χ4v) is 2.15. The first-order valence-electron chi connectivity index (χ1n) is 6.47. The van der Waals surface area contributed by atoms with Crippen molar-refractivity contribution >= 4 is 17.4 Å². The Hall–Kier alpha value is -1.61. The summed E-state index contributed by atoms with van der Waals surface area (Å²) in [4.78, 5) is 9.01. The largest absolute Gasteiger partial charge is 0.370 e. The second-order valence-corrected chi connectivity index (χ2v) is 4.97. The third-order valence-electron chi connectivity index (χ3n) is 2.90. The van der Waals surface area contributed by atoms with E-state index in [0.717, 1.165) is 46.5 Å². The molecule has 3 nitrogen and oxygen atoms in total. The molecule has 4 heteroatoms. The number of anilines is 1.